The van der Waals surface area contributed by atoms with Gasteiger partial charge in [0.2, 0.25) is 11.8 Å². The molecule has 0 aliphatic heterocycles. The fraction of sp³-hybridized carbons (Fsp3) is 0.529. The minimum atomic E-state index is -1.00. The van der Waals surface area contributed by atoms with E-state index in [1.54, 1.807) is 0 Å². The molecule has 3 heterocycles. The maximum atomic E-state index is 14.4. The summed E-state index contributed by atoms with van der Waals surface area (Å²) >= 11 is 0. The van der Waals surface area contributed by atoms with Crippen LogP contribution in [-0.2, 0) is 10.2 Å². The number of pyridine rings is 1. The Labute approximate surface area is 244 Å². The number of aromatic nitrogens is 4. The Hall–Kier alpha value is -3.55. The van der Waals surface area contributed by atoms with Crippen LogP contribution in [0, 0.1) is 10.8 Å². The molecule has 42 heavy (non-hydrogen) atoms. The van der Waals surface area contributed by atoms with Crippen molar-refractivity contribution in [3.05, 3.63) is 66.7 Å². The van der Waals surface area contributed by atoms with E-state index in [2.05, 4.69) is 39.3 Å². The highest BCUT2D eigenvalue weighted by atomic mass is 19.1. The van der Waals surface area contributed by atoms with Gasteiger partial charge in [0.05, 0.1) is 0 Å². The van der Waals surface area contributed by atoms with Gasteiger partial charge in [-0.3, -0.25) is 4.79 Å². The molecule has 7 saturated carbocycles. The minimum Gasteiger partial charge on any atom is -0.339 e. The summed E-state index contributed by atoms with van der Waals surface area (Å²) in [6.07, 6.45) is 16.4. The second-order valence-electron chi connectivity index (χ2n) is 14.5. The van der Waals surface area contributed by atoms with E-state index in [1.165, 1.54) is 12.8 Å². The van der Waals surface area contributed by atoms with Crippen LogP contribution in [0.2, 0.25) is 0 Å². The van der Waals surface area contributed by atoms with Crippen molar-refractivity contribution in [2.24, 2.45) is 10.8 Å². The van der Waals surface area contributed by atoms with Crippen LogP contribution in [0.5, 0.6) is 0 Å². The van der Waals surface area contributed by atoms with Crippen molar-refractivity contribution in [2.45, 2.75) is 94.1 Å². The molecule has 4 bridgehead atoms. The van der Waals surface area contributed by atoms with Crippen molar-refractivity contribution in [3.63, 3.8) is 0 Å². The van der Waals surface area contributed by atoms with Gasteiger partial charge in [0.25, 0.3) is 0 Å². The monoisotopic (exact) mass is 565 g/mol. The summed E-state index contributed by atoms with van der Waals surface area (Å²) in [4.78, 5) is 25.7. The topological polar surface area (TPSA) is 76.5 Å². The third-order valence-corrected chi connectivity index (χ3v) is 11.5. The van der Waals surface area contributed by atoms with Crippen molar-refractivity contribution >= 4 is 17.2 Å². The number of benzene rings is 1. The van der Waals surface area contributed by atoms with Gasteiger partial charge in [-0.15, -0.1) is 0 Å². The summed E-state index contributed by atoms with van der Waals surface area (Å²) in [7, 11) is 0. The third-order valence-electron chi connectivity index (χ3n) is 11.5. The molecule has 4 aromatic rings. The molecule has 0 unspecified atom stereocenters. The van der Waals surface area contributed by atoms with E-state index in [4.69, 9.17) is 9.51 Å². The predicted octanol–water partition coefficient (Wildman–Crippen LogP) is 7.17. The van der Waals surface area contributed by atoms with Gasteiger partial charge in [-0.05, 0) is 111 Å². The second-order valence-corrected chi connectivity index (χ2v) is 14.5. The first-order chi connectivity index (χ1) is 20.3. The van der Waals surface area contributed by atoms with Gasteiger partial charge in [0.1, 0.15) is 11.3 Å². The molecule has 3 aromatic heterocycles. The lowest BCUT2D eigenvalue weighted by Crippen LogP contribution is -2.65. The number of amides is 1. The fourth-order valence-corrected chi connectivity index (χ4v) is 8.92. The van der Waals surface area contributed by atoms with Gasteiger partial charge in [-0.1, -0.05) is 17.3 Å². The van der Waals surface area contributed by atoms with E-state index in [-0.39, 0.29) is 22.2 Å². The number of hydrogen-bond donors (Lipinski definition) is 0. The van der Waals surface area contributed by atoms with Crippen LogP contribution >= 0.6 is 0 Å². The molecular weight excluding hydrogens is 529 g/mol. The number of rotatable bonds is 8. The molecule has 7 aliphatic rings. The number of fused-ring (bicyclic) bond motifs is 4. The van der Waals surface area contributed by atoms with Crippen LogP contribution < -0.4 is 4.90 Å². The molecule has 0 saturated heterocycles. The zero-order valence-electron chi connectivity index (χ0n) is 23.9. The second kappa shape index (κ2) is 8.51. The van der Waals surface area contributed by atoms with Crippen molar-refractivity contribution in [1.29, 1.82) is 0 Å². The average molecular weight is 566 g/mol. The van der Waals surface area contributed by atoms with Gasteiger partial charge >= 0.3 is 0 Å². The number of carbonyl (C=O) groups excluding carboxylic acids is 1. The van der Waals surface area contributed by atoms with Crippen LogP contribution in [0.1, 0.15) is 94.7 Å². The van der Waals surface area contributed by atoms with Crippen molar-refractivity contribution in [1.82, 2.24) is 19.5 Å². The molecule has 0 N–H and O–H groups in total. The molecule has 7 nitrogen and oxygen atoms in total. The van der Waals surface area contributed by atoms with E-state index in [0.29, 0.717) is 38.1 Å². The van der Waals surface area contributed by atoms with Gasteiger partial charge < -0.3 is 13.8 Å². The smallest absolute Gasteiger partial charge is 0.232 e. The van der Waals surface area contributed by atoms with Crippen LogP contribution in [0.25, 0.3) is 16.8 Å². The van der Waals surface area contributed by atoms with Gasteiger partial charge in [0.15, 0.2) is 5.82 Å². The SMILES string of the molecule is O=C(CC12CC(F)(C1)C2)N(CC12CCC(c3nc(C4CC4)no3)(CC1)CC2)c1cccc(-c2cccn3ccnc23)c1. The minimum absolute atomic E-state index is 0.0131. The van der Waals surface area contributed by atoms with Crippen molar-refractivity contribution < 1.29 is 13.7 Å². The highest BCUT2D eigenvalue weighted by Gasteiger charge is 2.69. The van der Waals surface area contributed by atoms with Crippen LogP contribution in [0.4, 0.5) is 10.1 Å². The summed E-state index contributed by atoms with van der Waals surface area (Å²) in [5.74, 6) is 2.37. The van der Waals surface area contributed by atoms with Crippen molar-refractivity contribution in [3.8, 4) is 11.1 Å². The highest BCUT2D eigenvalue weighted by Crippen LogP contribution is 2.71. The predicted molar refractivity (Wildman–Crippen MR) is 156 cm³/mol. The Kier molecular flexibility index (Phi) is 5.07. The first-order valence-corrected chi connectivity index (χ1v) is 15.7. The van der Waals surface area contributed by atoms with Crippen molar-refractivity contribution in [2.75, 3.05) is 11.4 Å². The quantitative estimate of drug-likeness (QED) is 0.226. The number of nitrogens with zero attached hydrogens (tertiary/aromatic N) is 5. The number of hydrogen-bond acceptors (Lipinski definition) is 5. The summed E-state index contributed by atoms with van der Waals surface area (Å²) in [5.41, 5.74) is 2.83. The number of alkyl halides is 1. The first kappa shape index (κ1) is 25.0. The lowest BCUT2D eigenvalue weighted by Gasteiger charge is -2.66. The first-order valence-electron chi connectivity index (χ1n) is 15.7. The molecule has 1 aromatic carbocycles. The van der Waals surface area contributed by atoms with E-state index in [1.807, 2.05) is 35.1 Å². The van der Waals surface area contributed by atoms with E-state index in [9.17, 15) is 9.18 Å². The van der Waals surface area contributed by atoms with Crippen LogP contribution in [0.3, 0.4) is 0 Å². The Morgan fingerprint density at radius 1 is 1.00 bits per heavy atom. The van der Waals surface area contributed by atoms with Gasteiger partial charge in [0, 0.05) is 54.1 Å². The number of halogens is 1. The molecule has 0 spiro atoms. The maximum absolute atomic E-state index is 14.4. The summed E-state index contributed by atoms with van der Waals surface area (Å²) in [5, 5.41) is 4.33. The normalized spacial score (nSPS) is 32.9. The lowest BCUT2D eigenvalue weighted by molar-refractivity contribution is -0.215. The summed E-state index contributed by atoms with van der Waals surface area (Å²) < 4.78 is 22.3. The molecule has 8 heteroatoms. The lowest BCUT2D eigenvalue weighted by atomic mass is 9.41. The Balaban J connectivity index is 1.01. The molecule has 1 amide bonds. The molecule has 7 fully saturated rings. The zero-order valence-corrected chi connectivity index (χ0v) is 23.9. The summed E-state index contributed by atoms with van der Waals surface area (Å²) in [6.45, 7) is 0.701. The molecule has 0 radical (unpaired) electrons. The standard InChI is InChI=1S/C34H36FN5O2/c35-34-19-32(20-34,21-34)18-27(41)40(25-4-1-3-24(17-25)26-5-2-15-39-16-14-36-29(26)39)22-31-8-11-33(12-9-31,13-10-31)30-37-28(38-42-30)23-6-7-23/h1-5,14-17,23H,6-13,18-22H2. The van der Waals surface area contributed by atoms with Gasteiger partial charge in [-0.2, -0.15) is 4.98 Å². The van der Waals surface area contributed by atoms with Gasteiger partial charge in [-0.25, -0.2) is 9.37 Å². The third kappa shape index (κ3) is 3.82. The molecule has 216 valence electrons. The number of carbonyl (C=O) groups is 1. The molecular formula is C34H36FN5O2. The number of anilines is 1. The Morgan fingerprint density at radius 2 is 1.79 bits per heavy atom. The largest absolute Gasteiger partial charge is 0.339 e. The highest BCUT2D eigenvalue weighted by molar-refractivity contribution is 5.95. The molecule has 7 aliphatic carbocycles. The fourth-order valence-electron chi connectivity index (χ4n) is 8.92. The maximum Gasteiger partial charge on any atom is 0.232 e. The molecule has 11 rings (SSSR count). The van der Waals surface area contributed by atoms with E-state index >= 15 is 0 Å². The van der Waals surface area contributed by atoms with Crippen LogP contribution in [-0.4, -0.2) is 37.6 Å². The summed E-state index contributed by atoms with van der Waals surface area (Å²) in [6, 6.07) is 12.5. The van der Waals surface area contributed by atoms with E-state index in [0.717, 1.165) is 72.7 Å². The average Bonchev–Trinajstić information content (AvgIpc) is 3.49. The molecule has 0 atom stereocenters. The Morgan fingerprint density at radius 3 is 2.52 bits per heavy atom. The van der Waals surface area contributed by atoms with E-state index < -0.39 is 5.67 Å². The number of imidazole rings is 1. The zero-order chi connectivity index (χ0) is 28.2. The Bertz CT molecular complexity index is 1670. The van der Waals surface area contributed by atoms with Crippen LogP contribution in [0.15, 0.2) is 59.5 Å².